The molecule has 7 heteroatoms. The van der Waals surface area contributed by atoms with Gasteiger partial charge in [0, 0.05) is 17.0 Å². The van der Waals surface area contributed by atoms with E-state index in [1.807, 2.05) is 52.0 Å². The number of carbonyl (C=O) groups excluding carboxylic acids is 1. The highest BCUT2D eigenvalue weighted by Gasteiger charge is 2.19. The average molecular weight is 339 g/mol. The van der Waals surface area contributed by atoms with Crippen LogP contribution in [0.5, 0.6) is 5.75 Å². The van der Waals surface area contributed by atoms with Crippen LogP contribution in [0.4, 0.5) is 0 Å². The normalized spacial score (nSPS) is 12.2. The van der Waals surface area contributed by atoms with Crippen molar-refractivity contribution in [3.8, 4) is 5.75 Å². The van der Waals surface area contributed by atoms with Crippen molar-refractivity contribution in [2.75, 3.05) is 7.11 Å². The summed E-state index contributed by atoms with van der Waals surface area (Å²) < 4.78 is 6.96. The number of hydrogen-bond donors (Lipinski definition) is 1. The first-order valence-electron chi connectivity index (χ1n) is 8.05. The molecular weight excluding hydrogens is 318 g/mol. The Balaban J connectivity index is 1.87. The third-order valence-corrected chi connectivity index (χ3v) is 4.02. The van der Waals surface area contributed by atoms with Crippen molar-refractivity contribution >= 4 is 11.7 Å². The van der Waals surface area contributed by atoms with E-state index in [2.05, 4.69) is 20.4 Å². The molecule has 0 aliphatic carbocycles. The first kappa shape index (κ1) is 16.9. The monoisotopic (exact) mass is 339 g/mol. The molecule has 1 atom stereocenters. The Morgan fingerprint density at radius 1 is 1.20 bits per heavy atom. The molecule has 0 aliphatic heterocycles. The number of nitrogens with one attached hydrogen (secondary N) is 1. The van der Waals surface area contributed by atoms with Gasteiger partial charge in [0.2, 0.25) is 5.82 Å². The van der Waals surface area contributed by atoms with E-state index in [0.717, 1.165) is 28.3 Å². The second kappa shape index (κ2) is 6.51. The van der Waals surface area contributed by atoms with E-state index in [1.54, 1.807) is 11.6 Å². The van der Waals surface area contributed by atoms with Crippen LogP contribution in [-0.4, -0.2) is 32.6 Å². The van der Waals surface area contributed by atoms with Gasteiger partial charge in [-0.15, -0.1) is 5.10 Å². The van der Waals surface area contributed by atoms with E-state index in [1.165, 1.54) is 0 Å². The molecule has 2 aromatic heterocycles. The van der Waals surface area contributed by atoms with Crippen molar-refractivity contribution in [3.63, 3.8) is 0 Å². The van der Waals surface area contributed by atoms with Crippen LogP contribution in [0.2, 0.25) is 0 Å². The van der Waals surface area contributed by atoms with Crippen LogP contribution in [0.15, 0.2) is 24.3 Å². The zero-order valence-corrected chi connectivity index (χ0v) is 15.0. The molecule has 2 heterocycles. The van der Waals surface area contributed by atoms with Crippen molar-refractivity contribution in [2.24, 2.45) is 0 Å². The van der Waals surface area contributed by atoms with Gasteiger partial charge in [0.25, 0.3) is 11.7 Å². The Bertz CT molecular complexity index is 948. The molecule has 0 aliphatic rings. The third-order valence-electron chi connectivity index (χ3n) is 4.02. The molecule has 0 fully saturated rings. The summed E-state index contributed by atoms with van der Waals surface area (Å²) in [6.45, 7) is 7.68. The molecule has 3 rings (SSSR count). The average Bonchev–Trinajstić information content (AvgIpc) is 2.99. The van der Waals surface area contributed by atoms with Crippen molar-refractivity contribution in [1.82, 2.24) is 24.9 Å². The summed E-state index contributed by atoms with van der Waals surface area (Å²) in [4.78, 5) is 21.1. The lowest BCUT2D eigenvalue weighted by molar-refractivity contribution is 0.0929. The summed E-state index contributed by atoms with van der Waals surface area (Å²) in [7, 11) is 1.61. The number of methoxy groups -OCH3 is 1. The molecule has 0 bridgehead atoms. The zero-order chi connectivity index (χ0) is 18.1. The molecular formula is C18H21N5O2. The van der Waals surface area contributed by atoms with E-state index in [0.29, 0.717) is 5.78 Å². The predicted octanol–water partition coefficient (Wildman–Crippen LogP) is 2.55. The number of hydrogen-bond acceptors (Lipinski definition) is 5. The Morgan fingerprint density at radius 2 is 1.96 bits per heavy atom. The van der Waals surface area contributed by atoms with E-state index in [9.17, 15) is 4.79 Å². The largest absolute Gasteiger partial charge is 0.496 e. The summed E-state index contributed by atoms with van der Waals surface area (Å²) in [6, 6.07) is 7.51. The van der Waals surface area contributed by atoms with Gasteiger partial charge in [-0.05, 0) is 39.8 Å². The Hall–Kier alpha value is -2.96. The zero-order valence-electron chi connectivity index (χ0n) is 15.0. The van der Waals surface area contributed by atoms with Crippen LogP contribution in [0, 0.1) is 20.8 Å². The molecule has 1 unspecified atom stereocenters. The summed E-state index contributed by atoms with van der Waals surface area (Å²) in [5.41, 5.74) is 3.72. The number of fused-ring (bicyclic) bond motifs is 1. The topological polar surface area (TPSA) is 81.4 Å². The number of rotatable bonds is 4. The maximum atomic E-state index is 12.6. The predicted molar refractivity (Wildman–Crippen MR) is 93.9 cm³/mol. The maximum Gasteiger partial charge on any atom is 0.291 e. The second-order valence-corrected chi connectivity index (χ2v) is 6.13. The molecule has 7 nitrogen and oxygen atoms in total. The molecule has 0 radical (unpaired) electrons. The highest BCUT2D eigenvalue weighted by atomic mass is 16.5. The van der Waals surface area contributed by atoms with Crippen LogP contribution in [0.25, 0.3) is 5.78 Å². The smallest absolute Gasteiger partial charge is 0.291 e. The number of aryl methyl sites for hydroxylation is 3. The van der Waals surface area contributed by atoms with Gasteiger partial charge in [-0.2, -0.15) is 4.98 Å². The van der Waals surface area contributed by atoms with Gasteiger partial charge >= 0.3 is 0 Å². The first-order valence-corrected chi connectivity index (χ1v) is 8.05. The lowest BCUT2D eigenvalue weighted by Gasteiger charge is -2.17. The number of carbonyl (C=O) groups is 1. The maximum absolute atomic E-state index is 12.6. The Kier molecular flexibility index (Phi) is 4.39. The second-order valence-electron chi connectivity index (χ2n) is 6.13. The molecule has 0 saturated carbocycles. The van der Waals surface area contributed by atoms with E-state index in [-0.39, 0.29) is 17.8 Å². The molecule has 1 N–H and O–H groups in total. The summed E-state index contributed by atoms with van der Waals surface area (Å²) >= 11 is 0. The Morgan fingerprint density at radius 3 is 2.68 bits per heavy atom. The van der Waals surface area contributed by atoms with Crippen LogP contribution in [0.1, 0.15) is 46.1 Å². The SMILES string of the molecule is COc1ccc(C)cc1C(C)NC(=O)c1nc2nc(C)cc(C)n2n1. The highest BCUT2D eigenvalue weighted by molar-refractivity contribution is 5.91. The van der Waals surface area contributed by atoms with E-state index >= 15 is 0 Å². The molecule has 1 amide bonds. The number of ether oxygens (including phenoxy) is 1. The molecule has 25 heavy (non-hydrogen) atoms. The van der Waals surface area contributed by atoms with Crippen LogP contribution < -0.4 is 10.1 Å². The van der Waals surface area contributed by atoms with E-state index in [4.69, 9.17) is 4.74 Å². The fourth-order valence-corrected chi connectivity index (χ4v) is 2.79. The van der Waals surface area contributed by atoms with Gasteiger partial charge in [-0.25, -0.2) is 9.50 Å². The minimum Gasteiger partial charge on any atom is -0.496 e. The Labute approximate surface area is 146 Å². The van der Waals surface area contributed by atoms with Gasteiger partial charge in [-0.1, -0.05) is 17.7 Å². The number of amides is 1. The quantitative estimate of drug-likeness (QED) is 0.790. The van der Waals surface area contributed by atoms with Crippen molar-refractivity contribution in [3.05, 3.63) is 52.6 Å². The first-order chi connectivity index (χ1) is 11.9. The fraction of sp³-hybridized carbons (Fsp3) is 0.333. The molecule has 1 aromatic carbocycles. The van der Waals surface area contributed by atoms with Crippen LogP contribution in [0.3, 0.4) is 0 Å². The molecule has 0 spiro atoms. The van der Waals surface area contributed by atoms with Crippen molar-refractivity contribution < 1.29 is 9.53 Å². The fourth-order valence-electron chi connectivity index (χ4n) is 2.79. The summed E-state index contributed by atoms with van der Waals surface area (Å²) in [6.07, 6.45) is 0. The number of aromatic nitrogens is 4. The van der Waals surface area contributed by atoms with Crippen LogP contribution in [-0.2, 0) is 0 Å². The van der Waals surface area contributed by atoms with Gasteiger partial charge in [-0.3, -0.25) is 4.79 Å². The van der Waals surface area contributed by atoms with Gasteiger partial charge in [0.1, 0.15) is 5.75 Å². The molecule has 130 valence electrons. The number of nitrogens with zero attached hydrogens (tertiary/aromatic N) is 4. The highest BCUT2D eigenvalue weighted by Crippen LogP contribution is 2.26. The van der Waals surface area contributed by atoms with E-state index < -0.39 is 0 Å². The van der Waals surface area contributed by atoms with Gasteiger partial charge in [0.15, 0.2) is 0 Å². The molecule has 3 aromatic rings. The third kappa shape index (κ3) is 3.31. The minimum absolute atomic E-state index is 0.0969. The van der Waals surface area contributed by atoms with Crippen LogP contribution >= 0.6 is 0 Å². The van der Waals surface area contributed by atoms with Gasteiger partial charge in [0.05, 0.1) is 13.2 Å². The minimum atomic E-state index is -0.349. The lowest BCUT2D eigenvalue weighted by atomic mass is 10.0. The number of benzene rings is 1. The van der Waals surface area contributed by atoms with Crippen molar-refractivity contribution in [2.45, 2.75) is 33.7 Å². The standard InChI is InChI=1S/C18H21N5O2/c1-10-6-7-15(25-5)14(8-10)13(4)20-17(24)16-21-18-19-11(2)9-12(3)23(18)22-16/h6-9,13H,1-5H3,(H,20,24). The lowest BCUT2D eigenvalue weighted by Crippen LogP contribution is -2.28. The van der Waals surface area contributed by atoms with Gasteiger partial charge < -0.3 is 10.1 Å². The van der Waals surface area contributed by atoms with Crippen molar-refractivity contribution in [1.29, 1.82) is 0 Å². The summed E-state index contributed by atoms with van der Waals surface area (Å²) in [5, 5.41) is 7.18. The molecule has 0 saturated heterocycles. The summed E-state index contributed by atoms with van der Waals surface area (Å²) in [5.74, 6) is 0.899.